The molecule has 1 amide bonds. The number of hydrogen-bond acceptors (Lipinski definition) is 8. The molecule has 2 heterocycles. The number of nitrogens with zero attached hydrogens (tertiary/aromatic N) is 3. The Morgan fingerprint density at radius 1 is 1.24 bits per heavy atom. The molecule has 168 valence electrons. The van der Waals surface area contributed by atoms with Gasteiger partial charge in [-0.25, -0.2) is 4.98 Å². The van der Waals surface area contributed by atoms with Gasteiger partial charge in [-0.15, -0.1) is 11.3 Å². The molecule has 0 spiro atoms. The molecule has 0 fully saturated rings. The van der Waals surface area contributed by atoms with Crippen LogP contribution in [0, 0.1) is 21.4 Å². The molecule has 0 aliphatic rings. The van der Waals surface area contributed by atoms with Gasteiger partial charge in [0, 0.05) is 23.1 Å². The molecule has 0 aliphatic heterocycles. The van der Waals surface area contributed by atoms with E-state index in [4.69, 9.17) is 9.15 Å². The van der Waals surface area contributed by atoms with Crippen LogP contribution in [0.15, 0.2) is 76.0 Å². The summed E-state index contributed by atoms with van der Waals surface area (Å²) in [5, 5.41) is 25.3. The molecule has 0 saturated carbocycles. The molecule has 4 rings (SSSR count). The number of hydrogen-bond donors (Lipinski definition) is 1. The van der Waals surface area contributed by atoms with Gasteiger partial charge in [0.05, 0.1) is 29.4 Å². The first-order valence-corrected chi connectivity index (χ1v) is 10.7. The molecular formula is C24H16N4O5S. The van der Waals surface area contributed by atoms with Gasteiger partial charge < -0.3 is 9.15 Å². The number of nitro groups is 1. The fraction of sp³-hybridized carbons (Fsp3) is 0.0417. The normalized spacial score (nSPS) is 11.0. The van der Waals surface area contributed by atoms with Crippen molar-refractivity contribution >= 4 is 34.1 Å². The summed E-state index contributed by atoms with van der Waals surface area (Å²) in [6.45, 7) is 0. The van der Waals surface area contributed by atoms with E-state index in [1.165, 1.54) is 42.7 Å². The van der Waals surface area contributed by atoms with E-state index in [9.17, 15) is 20.2 Å². The number of aromatic nitrogens is 1. The summed E-state index contributed by atoms with van der Waals surface area (Å²) < 4.78 is 11.0. The molecule has 0 unspecified atom stereocenters. The average molecular weight is 472 g/mol. The number of nitriles is 1. The van der Waals surface area contributed by atoms with Crippen molar-refractivity contribution in [3.63, 3.8) is 0 Å². The topological polar surface area (TPSA) is 131 Å². The Morgan fingerprint density at radius 3 is 2.74 bits per heavy atom. The van der Waals surface area contributed by atoms with Gasteiger partial charge in [-0.05, 0) is 18.2 Å². The van der Waals surface area contributed by atoms with Crippen LogP contribution in [0.5, 0.6) is 5.75 Å². The number of carbonyl (C=O) groups is 1. The zero-order chi connectivity index (χ0) is 24.1. The van der Waals surface area contributed by atoms with E-state index in [0.29, 0.717) is 16.5 Å². The van der Waals surface area contributed by atoms with E-state index in [1.54, 1.807) is 12.1 Å². The Morgan fingerprint density at radius 2 is 2.03 bits per heavy atom. The highest BCUT2D eigenvalue weighted by Crippen LogP contribution is 2.34. The first-order valence-electron chi connectivity index (χ1n) is 9.85. The number of nitrogens with one attached hydrogen (secondary N) is 1. The molecule has 0 aliphatic carbocycles. The summed E-state index contributed by atoms with van der Waals surface area (Å²) in [6.07, 6.45) is 1.31. The lowest BCUT2D eigenvalue weighted by Crippen LogP contribution is -2.13. The molecule has 2 aromatic carbocycles. The van der Waals surface area contributed by atoms with Crippen LogP contribution >= 0.6 is 11.3 Å². The highest BCUT2D eigenvalue weighted by molar-refractivity contribution is 7.14. The third-order valence-corrected chi connectivity index (χ3v) is 5.49. The molecular weight excluding hydrogens is 456 g/mol. The second kappa shape index (κ2) is 9.81. The number of benzene rings is 2. The van der Waals surface area contributed by atoms with Gasteiger partial charge in [0.15, 0.2) is 5.13 Å². The minimum absolute atomic E-state index is 0.117. The molecule has 9 nitrogen and oxygen atoms in total. The molecule has 34 heavy (non-hydrogen) atoms. The first kappa shape index (κ1) is 22.4. The largest absolute Gasteiger partial charge is 0.496 e. The van der Waals surface area contributed by atoms with Crippen molar-refractivity contribution in [2.45, 2.75) is 0 Å². The second-order valence-corrected chi connectivity index (χ2v) is 7.73. The van der Waals surface area contributed by atoms with E-state index in [2.05, 4.69) is 10.3 Å². The standard InChI is InChI=1S/C24H16N4O5S/c1-32-22-12-17(28(30)31)7-9-19(22)21-10-8-18(33-21)11-16(13-25)23(29)27-24-26-20(14-34-24)15-5-3-2-4-6-15/h2-12,14H,1H3,(H,26,27,29)/b16-11-. The average Bonchev–Trinajstić information content (AvgIpc) is 3.52. The molecule has 0 radical (unpaired) electrons. The van der Waals surface area contributed by atoms with Crippen molar-refractivity contribution < 1.29 is 18.9 Å². The van der Waals surface area contributed by atoms with Gasteiger partial charge in [0.2, 0.25) is 0 Å². The van der Waals surface area contributed by atoms with Crippen LogP contribution in [-0.2, 0) is 4.79 Å². The molecule has 2 aromatic heterocycles. The number of nitro benzene ring substituents is 1. The van der Waals surface area contributed by atoms with E-state index >= 15 is 0 Å². The summed E-state index contributed by atoms with van der Waals surface area (Å²) in [6, 6.07) is 18.7. The van der Waals surface area contributed by atoms with Gasteiger partial charge in [0.1, 0.15) is 28.9 Å². The Labute approximate surface area is 197 Å². The number of amides is 1. The first-order chi connectivity index (χ1) is 16.5. The van der Waals surface area contributed by atoms with Crippen molar-refractivity contribution in [2.75, 3.05) is 12.4 Å². The number of anilines is 1. The summed E-state index contributed by atoms with van der Waals surface area (Å²) >= 11 is 1.25. The Balaban J connectivity index is 1.53. The van der Waals surface area contributed by atoms with Gasteiger partial charge in [-0.3, -0.25) is 20.2 Å². The Hall–Kier alpha value is -4.75. The van der Waals surface area contributed by atoms with Crippen molar-refractivity contribution in [3.05, 3.63) is 87.5 Å². The Kier molecular flexibility index (Phi) is 6.47. The number of carbonyl (C=O) groups excluding carboxylic acids is 1. The monoisotopic (exact) mass is 472 g/mol. The number of rotatable bonds is 7. The second-order valence-electron chi connectivity index (χ2n) is 6.87. The Bertz CT molecular complexity index is 1430. The molecule has 0 bridgehead atoms. The summed E-state index contributed by atoms with van der Waals surface area (Å²) in [5.41, 5.74) is 1.84. The van der Waals surface area contributed by atoms with Crippen LogP contribution in [0.3, 0.4) is 0 Å². The maximum Gasteiger partial charge on any atom is 0.273 e. The molecule has 0 atom stereocenters. The highest BCUT2D eigenvalue weighted by atomic mass is 32.1. The maximum atomic E-state index is 12.6. The summed E-state index contributed by atoms with van der Waals surface area (Å²) in [7, 11) is 1.40. The molecule has 1 N–H and O–H groups in total. The highest BCUT2D eigenvalue weighted by Gasteiger charge is 2.17. The quantitative estimate of drug-likeness (QED) is 0.162. The van der Waals surface area contributed by atoms with Crippen LogP contribution in [0.25, 0.3) is 28.7 Å². The van der Waals surface area contributed by atoms with Gasteiger partial charge in [-0.1, -0.05) is 30.3 Å². The minimum Gasteiger partial charge on any atom is -0.496 e. The van der Waals surface area contributed by atoms with E-state index in [-0.39, 0.29) is 22.8 Å². The van der Waals surface area contributed by atoms with Crippen molar-refractivity contribution in [1.82, 2.24) is 4.98 Å². The molecule has 10 heteroatoms. The van der Waals surface area contributed by atoms with E-state index in [1.807, 2.05) is 41.8 Å². The number of furan rings is 1. The van der Waals surface area contributed by atoms with Crippen molar-refractivity contribution in [2.24, 2.45) is 0 Å². The van der Waals surface area contributed by atoms with Gasteiger partial charge in [-0.2, -0.15) is 5.26 Å². The maximum absolute atomic E-state index is 12.6. The predicted molar refractivity (Wildman–Crippen MR) is 127 cm³/mol. The zero-order valence-electron chi connectivity index (χ0n) is 17.7. The van der Waals surface area contributed by atoms with Crippen LogP contribution < -0.4 is 10.1 Å². The third kappa shape index (κ3) is 4.85. The lowest BCUT2D eigenvalue weighted by atomic mass is 10.1. The van der Waals surface area contributed by atoms with Crippen LogP contribution in [0.4, 0.5) is 10.8 Å². The van der Waals surface area contributed by atoms with Crippen LogP contribution in [0.2, 0.25) is 0 Å². The lowest BCUT2D eigenvalue weighted by Gasteiger charge is -2.05. The number of methoxy groups -OCH3 is 1. The SMILES string of the molecule is COc1cc([N+](=O)[O-])ccc1-c1ccc(/C=C(/C#N)C(=O)Nc2nc(-c3ccccc3)cs2)o1. The van der Waals surface area contributed by atoms with Crippen molar-refractivity contribution in [3.8, 4) is 34.4 Å². The number of thiazole rings is 1. The van der Waals surface area contributed by atoms with E-state index < -0.39 is 10.8 Å². The van der Waals surface area contributed by atoms with Crippen LogP contribution in [0.1, 0.15) is 5.76 Å². The summed E-state index contributed by atoms with van der Waals surface area (Å²) in [5.74, 6) is 0.256. The van der Waals surface area contributed by atoms with Gasteiger partial charge in [0.25, 0.3) is 11.6 Å². The number of non-ortho nitro benzene ring substituents is 1. The smallest absolute Gasteiger partial charge is 0.273 e. The molecule has 4 aromatic rings. The van der Waals surface area contributed by atoms with Crippen LogP contribution in [-0.4, -0.2) is 22.9 Å². The lowest BCUT2D eigenvalue weighted by molar-refractivity contribution is -0.384. The fourth-order valence-electron chi connectivity index (χ4n) is 3.10. The van der Waals surface area contributed by atoms with E-state index in [0.717, 1.165) is 11.3 Å². The molecule has 0 saturated heterocycles. The van der Waals surface area contributed by atoms with Gasteiger partial charge >= 0.3 is 0 Å². The minimum atomic E-state index is -0.623. The fourth-order valence-corrected chi connectivity index (χ4v) is 3.81. The van der Waals surface area contributed by atoms with Crippen molar-refractivity contribution in [1.29, 1.82) is 5.26 Å². The predicted octanol–water partition coefficient (Wildman–Crippen LogP) is 5.53. The zero-order valence-corrected chi connectivity index (χ0v) is 18.5. The summed E-state index contributed by atoms with van der Waals surface area (Å²) in [4.78, 5) is 27.5. The third-order valence-electron chi connectivity index (χ3n) is 4.73. The number of ether oxygens (including phenoxy) is 1.